The summed E-state index contributed by atoms with van der Waals surface area (Å²) in [7, 11) is 1.65. The molecule has 0 saturated heterocycles. The first-order valence-corrected chi connectivity index (χ1v) is 11.1. The highest BCUT2D eigenvalue weighted by molar-refractivity contribution is 6.13. The van der Waals surface area contributed by atoms with Crippen LogP contribution in [-0.4, -0.2) is 30.3 Å². The predicted molar refractivity (Wildman–Crippen MR) is 122 cm³/mol. The minimum Gasteiger partial charge on any atom is -0.497 e. The topological polar surface area (TPSA) is 89.2 Å². The molecule has 0 aromatic heterocycles. The van der Waals surface area contributed by atoms with E-state index in [2.05, 4.69) is 11.4 Å². The number of allylic oxidation sites excluding steroid dienone is 1. The smallest absolute Gasteiger partial charge is 0.241 e. The van der Waals surface area contributed by atoms with Crippen molar-refractivity contribution in [2.75, 3.05) is 19.0 Å². The quantitative estimate of drug-likeness (QED) is 0.759. The van der Waals surface area contributed by atoms with Crippen molar-refractivity contribution >= 4 is 17.4 Å². The minimum absolute atomic E-state index is 0.167. The Hall–Kier alpha value is -3.59. The van der Waals surface area contributed by atoms with Gasteiger partial charge in [0.05, 0.1) is 13.2 Å². The third kappa shape index (κ3) is 2.85. The van der Waals surface area contributed by atoms with Crippen molar-refractivity contribution in [3.8, 4) is 11.8 Å². The maximum Gasteiger partial charge on any atom is 0.241 e. The van der Waals surface area contributed by atoms with Gasteiger partial charge in [-0.1, -0.05) is 30.3 Å². The molecule has 2 atom stereocenters. The van der Waals surface area contributed by atoms with E-state index in [0.717, 1.165) is 65.9 Å². The molecule has 2 aliphatic heterocycles. The molecule has 0 radical (unpaired) electrons. The maximum absolute atomic E-state index is 13.5. The Morgan fingerprint density at radius 2 is 1.94 bits per heavy atom. The molecule has 1 spiro atoms. The summed E-state index contributed by atoms with van der Waals surface area (Å²) >= 11 is 0. The molecule has 32 heavy (non-hydrogen) atoms. The van der Waals surface area contributed by atoms with Crippen LogP contribution in [0.4, 0.5) is 5.69 Å². The SMILES string of the molecule is COc1ccc(CCN2C(=N)[C@H](C#N)[C@@]3(C(=O)Nc4ccccc43)C3=C2CCCC3)cc1. The zero-order valence-electron chi connectivity index (χ0n) is 18.1. The van der Waals surface area contributed by atoms with Gasteiger partial charge >= 0.3 is 0 Å². The average molecular weight is 427 g/mol. The Morgan fingerprint density at radius 3 is 2.69 bits per heavy atom. The van der Waals surface area contributed by atoms with Crippen LogP contribution in [0.15, 0.2) is 59.8 Å². The highest BCUT2D eigenvalue weighted by Crippen LogP contribution is 2.55. The largest absolute Gasteiger partial charge is 0.497 e. The minimum atomic E-state index is -1.09. The number of nitriles is 1. The molecule has 0 unspecified atom stereocenters. The standard InChI is InChI=1S/C26H26N4O2/c1-32-18-12-10-17(11-13-18)14-15-30-23-9-5-3-7-20(23)26(21(16-27)24(30)28)19-6-2-4-8-22(19)29-25(26)31/h2,4,6,8,10-13,21,28H,3,5,7,9,14-15H2,1H3,(H,29,31)/t21-,26-/m0/s1. The fraction of sp³-hybridized carbons (Fsp3) is 0.346. The summed E-state index contributed by atoms with van der Waals surface area (Å²) in [6.45, 7) is 0.613. The second-order valence-electron chi connectivity index (χ2n) is 8.64. The van der Waals surface area contributed by atoms with Gasteiger partial charge < -0.3 is 15.0 Å². The van der Waals surface area contributed by atoms with E-state index in [1.54, 1.807) is 7.11 Å². The van der Waals surface area contributed by atoms with Gasteiger partial charge in [0.1, 0.15) is 22.9 Å². The normalized spacial score (nSPS) is 24.1. The van der Waals surface area contributed by atoms with Crippen molar-refractivity contribution in [1.29, 1.82) is 10.7 Å². The number of nitrogens with zero attached hydrogens (tertiary/aromatic N) is 2. The molecule has 0 bridgehead atoms. The number of hydrogen-bond donors (Lipinski definition) is 2. The van der Waals surface area contributed by atoms with E-state index in [0.29, 0.717) is 6.54 Å². The van der Waals surface area contributed by atoms with Crippen LogP contribution < -0.4 is 10.1 Å². The molecular weight excluding hydrogens is 400 g/mol. The fourth-order valence-corrected chi connectivity index (χ4v) is 5.60. The molecule has 1 aliphatic carbocycles. The van der Waals surface area contributed by atoms with E-state index < -0.39 is 11.3 Å². The number of carbonyl (C=O) groups excluding carboxylic acids is 1. The molecule has 2 heterocycles. The number of carbonyl (C=O) groups is 1. The van der Waals surface area contributed by atoms with E-state index in [1.807, 2.05) is 53.4 Å². The van der Waals surface area contributed by atoms with Crippen molar-refractivity contribution in [2.45, 2.75) is 37.5 Å². The van der Waals surface area contributed by atoms with Gasteiger partial charge in [0.2, 0.25) is 5.91 Å². The lowest BCUT2D eigenvalue weighted by Crippen LogP contribution is -2.56. The van der Waals surface area contributed by atoms with Crippen molar-refractivity contribution in [2.24, 2.45) is 5.92 Å². The van der Waals surface area contributed by atoms with Crippen molar-refractivity contribution < 1.29 is 9.53 Å². The lowest BCUT2D eigenvalue weighted by molar-refractivity contribution is -0.120. The van der Waals surface area contributed by atoms with Crippen LogP contribution in [0, 0.1) is 22.7 Å². The summed E-state index contributed by atoms with van der Waals surface area (Å²) in [5.41, 5.74) is 3.75. The molecule has 2 N–H and O–H groups in total. The highest BCUT2D eigenvalue weighted by Gasteiger charge is 2.60. The molecule has 1 amide bonds. The molecule has 6 nitrogen and oxygen atoms in total. The van der Waals surface area contributed by atoms with Crippen molar-refractivity contribution in [3.05, 3.63) is 70.9 Å². The number of amides is 1. The van der Waals surface area contributed by atoms with Gasteiger partial charge in [0.25, 0.3) is 0 Å². The van der Waals surface area contributed by atoms with Crippen molar-refractivity contribution in [1.82, 2.24) is 4.90 Å². The van der Waals surface area contributed by atoms with E-state index in [-0.39, 0.29) is 11.7 Å². The zero-order chi connectivity index (χ0) is 22.3. The molecule has 5 rings (SSSR count). The Morgan fingerprint density at radius 1 is 1.19 bits per heavy atom. The molecule has 0 saturated carbocycles. The lowest BCUT2D eigenvalue weighted by Gasteiger charge is -2.47. The van der Waals surface area contributed by atoms with Crippen LogP contribution in [0.1, 0.15) is 36.8 Å². The number of methoxy groups -OCH3 is 1. The maximum atomic E-state index is 13.5. The van der Waals surface area contributed by atoms with Crippen LogP contribution in [-0.2, 0) is 16.6 Å². The number of anilines is 1. The van der Waals surface area contributed by atoms with E-state index in [4.69, 9.17) is 10.1 Å². The molecule has 3 aliphatic rings. The van der Waals surface area contributed by atoms with Gasteiger partial charge in [0, 0.05) is 17.9 Å². The number of amidine groups is 1. The summed E-state index contributed by atoms with van der Waals surface area (Å²) in [6, 6.07) is 17.9. The molecule has 0 fully saturated rings. The number of ether oxygens (including phenoxy) is 1. The molecule has 2 aromatic carbocycles. The number of nitrogens with one attached hydrogen (secondary N) is 2. The first-order chi connectivity index (χ1) is 15.6. The van der Waals surface area contributed by atoms with Crippen LogP contribution >= 0.6 is 0 Å². The Bertz CT molecular complexity index is 1160. The predicted octanol–water partition coefficient (Wildman–Crippen LogP) is 4.39. The second kappa shape index (κ2) is 7.83. The summed E-state index contributed by atoms with van der Waals surface area (Å²) < 4.78 is 5.25. The van der Waals surface area contributed by atoms with Gasteiger partial charge in [0.15, 0.2) is 0 Å². The zero-order valence-corrected chi connectivity index (χ0v) is 18.1. The number of rotatable bonds is 4. The molecule has 6 heteroatoms. The first kappa shape index (κ1) is 20.3. The lowest BCUT2D eigenvalue weighted by atomic mass is 9.60. The van der Waals surface area contributed by atoms with Crippen LogP contribution in [0.2, 0.25) is 0 Å². The van der Waals surface area contributed by atoms with Crippen LogP contribution in [0.3, 0.4) is 0 Å². The van der Waals surface area contributed by atoms with Crippen molar-refractivity contribution in [3.63, 3.8) is 0 Å². The summed E-state index contributed by atoms with van der Waals surface area (Å²) in [5, 5.41) is 22.3. The Kier molecular flexibility index (Phi) is 4.97. The number of hydrogen-bond acceptors (Lipinski definition) is 4. The average Bonchev–Trinajstić information content (AvgIpc) is 3.12. The van der Waals surface area contributed by atoms with E-state index >= 15 is 0 Å². The third-order valence-corrected chi connectivity index (χ3v) is 7.11. The van der Waals surface area contributed by atoms with Gasteiger partial charge in [-0.3, -0.25) is 10.2 Å². The third-order valence-electron chi connectivity index (χ3n) is 7.11. The summed E-state index contributed by atoms with van der Waals surface area (Å²) in [5.74, 6) is 0.0284. The Labute approximate surface area is 188 Å². The summed E-state index contributed by atoms with van der Waals surface area (Å²) in [4.78, 5) is 15.5. The van der Waals surface area contributed by atoms with E-state index in [9.17, 15) is 10.1 Å². The molecule has 162 valence electrons. The van der Waals surface area contributed by atoms with Gasteiger partial charge in [-0.2, -0.15) is 5.26 Å². The Balaban J connectivity index is 1.58. The highest BCUT2D eigenvalue weighted by atomic mass is 16.5. The number of para-hydroxylation sites is 1. The van der Waals surface area contributed by atoms with E-state index in [1.165, 1.54) is 0 Å². The van der Waals surface area contributed by atoms with Crippen LogP contribution in [0.5, 0.6) is 5.75 Å². The monoisotopic (exact) mass is 426 g/mol. The number of fused-ring (bicyclic) bond motifs is 3. The van der Waals surface area contributed by atoms with Gasteiger partial charge in [-0.15, -0.1) is 0 Å². The molecule has 2 aromatic rings. The molecular formula is C26H26N4O2. The van der Waals surface area contributed by atoms with Crippen LogP contribution in [0.25, 0.3) is 0 Å². The van der Waals surface area contributed by atoms with Gasteiger partial charge in [-0.25, -0.2) is 0 Å². The first-order valence-electron chi connectivity index (χ1n) is 11.1. The number of benzene rings is 2. The fourth-order valence-electron chi connectivity index (χ4n) is 5.60. The summed E-state index contributed by atoms with van der Waals surface area (Å²) in [6.07, 6.45) is 4.38. The van der Waals surface area contributed by atoms with Gasteiger partial charge in [-0.05, 0) is 67.0 Å². The second-order valence-corrected chi connectivity index (χ2v) is 8.64.